The van der Waals surface area contributed by atoms with Gasteiger partial charge in [-0.15, -0.1) is 0 Å². The van der Waals surface area contributed by atoms with Crippen molar-refractivity contribution in [3.8, 4) is 45.8 Å². The minimum absolute atomic E-state index is 0.00294. The van der Waals surface area contributed by atoms with Crippen LogP contribution in [-0.2, 0) is 132 Å². The Balaban J connectivity index is 0.567. The lowest BCUT2D eigenvalue weighted by molar-refractivity contribution is -0.177. The maximum absolute atomic E-state index is 15.3. The van der Waals surface area contributed by atoms with Crippen molar-refractivity contribution in [2.24, 2.45) is 0 Å². The molecule has 10 heterocycles. The number of fused-ring (bicyclic) bond motifs is 11. The molecular formula is C97H101N7O20. The predicted octanol–water partition coefficient (Wildman–Crippen LogP) is 16.8. The third kappa shape index (κ3) is 16.5. The molecule has 2 amide bonds. The molecule has 1 fully saturated rings. The fourth-order valence-corrected chi connectivity index (χ4v) is 17.8. The molecular weight excluding hydrogens is 1580 g/mol. The van der Waals surface area contributed by atoms with E-state index in [0.717, 1.165) is 66.6 Å². The monoisotopic (exact) mass is 1680 g/mol. The predicted molar refractivity (Wildman–Crippen MR) is 458 cm³/mol. The maximum Gasteiger partial charge on any atom is 0.514 e. The fraction of sp³-hybridized carbons (Fsp3) is 0.392. The molecule has 6 aliphatic heterocycles. The van der Waals surface area contributed by atoms with Gasteiger partial charge in [0.05, 0.1) is 63.6 Å². The van der Waals surface area contributed by atoms with E-state index < -0.39 is 70.1 Å². The Bertz CT molecular complexity index is 6170. The summed E-state index contributed by atoms with van der Waals surface area (Å²) in [7, 11) is 0. The molecule has 124 heavy (non-hydrogen) atoms. The van der Waals surface area contributed by atoms with Gasteiger partial charge in [-0.05, 0) is 192 Å². The van der Waals surface area contributed by atoms with Crippen molar-refractivity contribution in [2.45, 2.75) is 222 Å². The average Bonchev–Trinajstić information content (AvgIpc) is 1.50. The van der Waals surface area contributed by atoms with Crippen molar-refractivity contribution in [2.75, 3.05) is 26.2 Å². The first-order valence-electron chi connectivity index (χ1n) is 42.3. The van der Waals surface area contributed by atoms with Gasteiger partial charge in [0.1, 0.15) is 66.2 Å². The minimum Gasteiger partial charge on any atom is -0.488 e. The number of benzene rings is 6. The molecule has 27 heteroatoms. The van der Waals surface area contributed by atoms with E-state index in [-0.39, 0.29) is 110 Å². The number of carbonyl (C=O) groups excluding carboxylic acids is 7. The molecule has 6 aliphatic rings. The highest BCUT2D eigenvalue weighted by Crippen LogP contribution is 2.47. The highest BCUT2D eigenvalue weighted by Gasteiger charge is 2.54. The van der Waals surface area contributed by atoms with Gasteiger partial charge < -0.3 is 71.0 Å². The van der Waals surface area contributed by atoms with E-state index in [0.29, 0.717) is 115 Å². The van der Waals surface area contributed by atoms with E-state index in [1.807, 2.05) is 85.5 Å². The summed E-state index contributed by atoms with van der Waals surface area (Å²) in [4.78, 5) is 142. The van der Waals surface area contributed by atoms with Gasteiger partial charge in [0.15, 0.2) is 0 Å². The van der Waals surface area contributed by atoms with Crippen LogP contribution in [-0.4, -0.2) is 119 Å². The normalized spacial score (nSPS) is 17.0. The van der Waals surface area contributed by atoms with Gasteiger partial charge >= 0.3 is 36.5 Å². The van der Waals surface area contributed by atoms with E-state index in [4.69, 9.17) is 62.1 Å². The molecule has 0 radical (unpaired) electrons. The number of piperazine rings is 1. The molecule has 2 unspecified atom stereocenters. The van der Waals surface area contributed by atoms with Crippen LogP contribution < -0.4 is 30.1 Å². The quantitative estimate of drug-likeness (QED) is 0.0367. The zero-order chi connectivity index (χ0) is 87.8. The number of pyridine rings is 4. The molecule has 0 saturated carbocycles. The number of carbonyl (C=O) groups is 7. The molecule has 2 atom stereocenters. The number of hydrogen-bond acceptors (Lipinski definition) is 23. The first kappa shape index (κ1) is 84.7. The lowest BCUT2D eigenvalue weighted by Gasteiger charge is -2.39. The molecule has 0 spiro atoms. The van der Waals surface area contributed by atoms with Crippen LogP contribution in [0.2, 0.25) is 0 Å². The van der Waals surface area contributed by atoms with E-state index in [9.17, 15) is 38.4 Å². The smallest absolute Gasteiger partial charge is 0.488 e. The van der Waals surface area contributed by atoms with Gasteiger partial charge in [0.2, 0.25) is 11.2 Å². The van der Waals surface area contributed by atoms with Crippen molar-refractivity contribution in [1.82, 2.24) is 33.8 Å². The number of cyclic esters (lactones) is 2. The van der Waals surface area contributed by atoms with Crippen molar-refractivity contribution in [3.05, 3.63) is 243 Å². The van der Waals surface area contributed by atoms with E-state index in [2.05, 4.69) is 36.9 Å². The van der Waals surface area contributed by atoms with E-state index in [1.165, 1.54) is 0 Å². The fourth-order valence-electron chi connectivity index (χ4n) is 17.8. The molecule has 0 aliphatic carbocycles. The summed E-state index contributed by atoms with van der Waals surface area (Å²) in [5.74, 6) is -0.401. The average molecular weight is 1680 g/mol. The van der Waals surface area contributed by atoms with Crippen LogP contribution in [0, 0.1) is 0 Å². The summed E-state index contributed by atoms with van der Waals surface area (Å²) in [5, 5.41) is 1.46. The third-order valence-corrected chi connectivity index (χ3v) is 23.8. The molecule has 644 valence electrons. The Hall–Kier alpha value is -12.9. The zero-order valence-corrected chi connectivity index (χ0v) is 72.3. The number of ether oxygens (including phenoxy) is 11. The highest BCUT2D eigenvalue weighted by molar-refractivity contribution is 5.98. The van der Waals surface area contributed by atoms with Crippen molar-refractivity contribution in [1.29, 1.82) is 0 Å². The second kappa shape index (κ2) is 33.1. The number of hydrogen-bond donors (Lipinski definition) is 0. The number of aromatic nitrogens is 4. The molecule has 0 bridgehead atoms. The van der Waals surface area contributed by atoms with Crippen molar-refractivity contribution in [3.63, 3.8) is 0 Å². The molecule has 1 saturated heterocycles. The number of nitrogens with zero attached hydrogens (tertiary/aromatic N) is 7. The first-order valence-corrected chi connectivity index (χ1v) is 42.3. The van der Waals surface area contributed by atoms with Crippen molar-refractivity contribution < 1.29 is 85.7 Å². The number of esters is 2. The second-order valence-electron chi connectivity index (χ2n) is 35.4. The van der Waals surface area contributed by atoms with Crippen LogP contribution in [0.5, 0.6) is 23.0 Å². The van der Waals surface area contributed by atoms with Gasteiger partial charge in [-0.2, -0.15) is 0 Å². The summed E-state index contributed by atoms with van der Waals surface area (Å²) >= 11 is 0. The number of rotatable bonds is 21. The third-order valence-electron chi connectivity index (χ3n) is 23.8. The number of amides is 2. The Morgan fingerprint density at radius 3 is 1.57 bits per heavy atom. The van der Waals surface area contributed by atoms with Crippen LogP contribution in [0.25, 0.3) is 44.6 Å². The number of aryl methyl sites for hydroxylation is 2. The van der Waals surface area contributed by atoms with Crippen LogP contribution in [0.4, 0.5) is 19.2 Å². The first-order chi connectivity index (χ1) is 59.1. The molecule has 0 N–H and O–H groups in total. The van der Waals surface area contributed by atoms with Crippen LogP contribution >= 0.6 is 0 Å². The summed E-state index contributed by atoms with van der Waals surface area (Å²) in [6, 6.07) is 41.3. The van der Waals surface area contributed by atoms with E-state index in [1.54, 1.807) is 132 Å². The molecule has 27 nitrogen and oxygen atoms in total. The van der Waals surface area contributed by atoms with Crippen molar-refractivity contribution >= 4 is 64.2 Å². The summed E-state index contributed by atoms with van der Waals surface area (Å²) in [6.45, 7) is 28.4. The summed E-state index contributed by atoms with van der Waals surface area (Å²) in [6.07, 6.45) is -2.20. The Morgan fingerprint density at radius 1 is 0.492 bits per heavy atom. The standard InChI is InChI=1S/C97H101N7O20/c1-15-64-67-39-62(118-90(111)121-93(7,8)9)29-31-76(67)98-82-70(64)49-103-78(82)42-74-72(85(103)106)53-116-87(108)96(74,17-3)120-89(110)101-35-33-100(34-36-101)46-58-27-28-60-47-102(48-61(60)38-58)84(105)69-41-66(55(5)6)80(114-51-56-23-20-19-21-24-56)44-81(69)115-52-59-26-22-25-57(37-59)45-95(13,14)123-91(112)119-63-30-32-77-68(40-63)65(16-2)71-50-104-79(83(71)99-77)43-75-73(86(104)107)54-117-88(109)97(75,18-4)124-92(113)122-94(10,11)12/h19-32,37-44,55H,15-18,33-36,45-54H2,1-14H3. The summed E-state index contributed by atoms with van der Waals surface area (Å²) < 4.78 is 68.3. The van der Waals surface area contributed by atoms with Gasteiger partial charge in [0.25, 0.3) is 17.0 Å². The SMILES string of the molecule is CCc1c2c(nc3ccc(OC(=O)OC(C)(C)Cc4cccc(COc5cc(OCc6ccccc6)c(C(C)C)cc5C(=O)N5Cc6ccc(CN7CCN(C(=O)OC8(CC)C(=O)OCc9c8cc8n(c9=O)Cc9c-8nc8ccc(OC(=O)OC(C)(C)C)cc8c9CC)CC7)cc6C5)c4)cc13)-c1cc3c(c(=O)n1C2)COC(=O)C3(CC)OC(=O)OC(C)(C)C. The minimum atomic E-state index is -1.94. The van der Waals surface area contributed by atoms with Gasteiger partial charge in [-0.25, -0.2) is 38.7 Å². The van der Waals surface area contributed by atoms with Gasteiger partial charge in [0, 0.05) is 91.3 Å². The molecule has 6 aromatic carbocycles. The van der Waals surface area contributed by atoms with Crippen LogP contribution in [0.3, 0.4) is 0 Å². The highest BCUT2D eigenvalue weighted by atomic mass is 16.8. The lowest BCUT2D eigenvalue weighted by atomic mass is 9.85. The van der Waals surface area contributed by atoms with Gasteiger partial charge in [-0.1, -0.05) is 114 Å². The summed E-state index contributed by atoms with van der Waals surface area (Å²) in [5.41, 5.74) is 6.95. The lowest BCUT2D eigenvalue weighted by Crippen LogP contribution is -2.53. The molecule has 4 aromatic heterocycles. The Labute approximate surface area is 717 Å². The van der Waals surface area contributed by atoms with Crippen LogP contribution in [0.15, 0.2) is 143 Å². The topological polar surface area (TPSA) is 301 Å². The Kier molecular flexibility index (Phi) is 22.6. The van der Waals surface area contributed by atoms with Gasteiger partial charge in [-0.3, -0.25) is 19.3 Å². The zero-order valence-electron chi connectivity index (χ0n) is 72.3. The Morgan fingerprint density at radius 2 is 1.02 bits per heavy atom. The van der Waals surface area contributed by atoms with Crippen LogP contribution in [0.1, 0.15) is 210 Å². The molecule has 10 aromatic rings. The maximum atomic E-state index is 15.3. The largest absolute Gasteiger partial charge is 0.514 e. The van der Waals surface area contributed by atoms with E-state index >= 15 is 4.79 Å². The second-order valence-corrected chi connectivity index (χ2v) is 35.4. The molecule has 16 rings (SSSR count).